The first kappa shape index (κ1) is 15.3. The van der Waals surface area contributed by atoms with E-state index in [1.807, 2.05) is 0 Å². The Morgan fingerprint density at radius 1 is 1.23 bits per heavy atom. The van der Waals surface area contributed by atoms with Gasteiger partial charge in [-0.1, -0.05) is 43.3 Å². The molecule has 0 aromatic heterocycles. The van der Waals surface area contributed by atoms with Crippen LogP contribution in [0.25, 0.3) is 10.8 Å². The minimum Gasteiger partial charge on any atom is -0.361 e. The average Bonchev–Trinajstić information content (AvgIpc) is 3.01. The molecule has 3 nitrogen and oxygen atoms in total. The maximum absolute atomic E-state index is 5.47. The average molecular weight is 313 g/mol. The van der Waals surface area contributed by atoms with Crippen LogP contribution in [-0.2, 0) is 0 Å². The Balaban J connectivity index is 1.61. The lowest BCUT2D eigenvalue weighted by Crippen LogP contribution is -2.41. The van der Waals surface area contributed by atoms with Gasteiger partial charge in [-0.15, -0.1) is 0 Å². The van der Waals surface area contributed by atoms with E-state index < -0.39 is 0 Å². The van der Waals surface area contributed by atoms with Crippen molar-refractivity contribution in [2.45, 2.75) is 25.8 Å². The van der Waals surface area contributed by atoms with Crippen LogP contribution < -0.4 is 10.6 Å². The molecule has 0 spiro atoms. The second-order valence-electron chi connectivity index (χ2n) is 5.79. The van der Waals surface area contributed by atoms with Gasteiger partial charge < -0.3 is 10.6 Å². The van der Waals surface area contributed by atoms with E-state index in [0.29, 0.717) is 11.2 Å². The first-order chi connectivity index (χ1) is 10.8. The first-order valence-corrected chi connectivity index (χ1v) is 8.45. The second kappa shape index (κ2) is 7.07. The lowest BCUT2D eigenvalue weighted by molar-refractivity contribution is 0.267. The van der Waals surface area contributed by atoms with Gasteiger partial charge in [0.1, 0.15) is 0 Å². The summed E-state index contributed by atoms with van der Waals surface area (Å²) in [5.74, 6) is 0. The molecule has 1 aliphatic heterocycles. The topological polar surface area (TPSA) is 27.3 Å². The summed E-state index contributed by atoms with van der Waals surface area (Å²) in [5, 5.41) is 9.86. The van der Waals surface area contributed by atoms with E-state index in [-0.39, 0.29) is 0 Å². The molecule has 0 radical (unpaired) electrons. The van der Waals surface area contributed by atoms with Crippen LogP contribution in [0.2, 0.25) is 0 Å². The van der Waals surface area contributed by atoms with Crippen molar-refractivity contribution in [3.05, 3.63) is 42.5 Å². The van der Waals surface area contributed by atoms with Crippen molar-refractivity contribution in [2.24, 2.45) is 0 Å². The Bertz CT molecular complexity index is 650. The molecule has 116 valence electrons. The monoisotopic (exact) mass is 313 g/mol. The summed E-state index contributed by atoms with van der Waals surface area (Å²) in [5.41, 5.74) is 1.06. The number of benzene rings is 2. The summed E-state index contributed by atoms with van der Waals surface area (Å²) in [4.78, 5) is 2.52. The fraction of sp³-hybridized carbons (Fsp3) is 0.389. The number of hydrogen-bond donors (Lipinski definition) is 2. The van der Waals surface area contributed by atoms with Crippen LogP contribution >= 0.6 is 12.2 Å². The van der Waals surface area contributed by atoms with E-state index in [0.717, 1.165) is 18.8 Å². The molecule has 1 atom stereocenters. The maximum atomic E-state index is 5.47. The van der Waals surface area contributed by atoms with Gasteiger partial charge in [0.05, 0.1) is 0 Å². The molecule has 2 aromatic rings. The number of likely N-dealkylation sites (N-methyl/N-ethyl adjacent to an activating group) is 1. The summed E-state index contributed by atoms with van der Waals surface area (Å²) in [6, 6.07) is 15.2. The molecule has 0 bridgehead atoms. The smallest absolute Gasteiger partial charge is 0.170 e. The highest BCUT2D eigenvalue weighted by molar-refractivity contribution is 7.80. The molecule has 2 aromatic carbocycles. The number of nitrogens with one attached hydrogen (secondary N) is 2. The van der Waals surface area contributed by atoms with Crippen LogP contribution in [0.15, 0.2) is 42.5 Å². The number of nitrogens with zero attached hydrogens (tertiary/aromatic N) is 1. The molecular weight excluding hydrogens is 290 g/mol. The molecule has 0 aliphatic carbocycles. The minimum absolute atomic E-state index is 0.609. The molecule has 1 saturated heterocycles. The van der Waals surface area contributed by atoms with Crippen LogP contribution in [-0.4, -0.2) is 35.7 Å². The zero-order valence-electron chi connectivity index (χ0n) is 13.0. The van der Waals surface area contributed by atoms with E-state index in [1.54, 1.807) is 0 Å². The van der Waals surface area contributed by atoms with Crippen LogP contribution in [0.3, 0.4) is 0 Å². The van der Waals surface area contributed by atoms with Crippen molar-refractivity contribution in [1.82, 2.24) is 10.2 Å². The van der Waals surface area contributed by atoms with Gasteiger partial charge in [0, 0.05) is 23.7 Å². The van der Waals surface area contributed by atoms with E-state index in [9.17, 15) is 0 Å². The predicted molar refractivity (Wildman–Crippen MR) is 98.4 cm³/mol. The highest BCUT2D eigenvalue weighted by Gasteiger charge is 2.22. The van der Waals surface area contributed by atoms with Crippen molar-refractivity contribution < 1.29 is 0 Å². The van der Waals surface area contributed by atoms with Crippen molar-refractivity contribution in [3.63, 3.8) is 0 Å². The summed E-state index contributed by atoms with van der Waals surface area (Å²) in [7, 11) is 0. The molecule has 1 fully saturated rings. The molecule has 4 heteroatoms. The van der Waals surface area contributed by atoms with Crippen LogP contribution in [0.5, 0.6) is 0 Å². The predicted octanol–water partition coefficient (Wildman–Crippen LogP) is 3.61. The fourth-order valence-electron chi connectivity index (χ4n) is 3.25. The third-order valence-electron chi connectivity index (χ3n) is 4.44. The van der Waals surface area contributed by atoms with Gasteiger partial charge in [-0.3, -0.25) is 4.90 Å². The molecule has 0 unspecified atom stereocenters. The lowest BCUT2D eigenvalue weighted by Gasteiger charge is -2.23. The molecule has 2 N–H and O–H groups in total. The second-order valence-corrected chi connectivity index (χ2v) is 6.19. The van der Waals surface area contributed by atoms with Crippen molar-refractivity contribution >= 4 is 33.8 Å². The summed E-state index contributed by atoms with van der Waals surface area (Å²) in [6.45, 7) is 5.48. The van der Waals surface area contributed by atoms with Crippen LogP contribution in [0, 0.1) is 0 Å². The molecule has 3 rings (SSSR count). The number of thiocarbonyl (C=S) groups is 1. The minimum atomic E-state index is 0.609. The highest BCUT2D eigenvalue weighted by atomic mass is 32.1. The fourth-order valence-corrected chi connectivity index (χ4v) is 3.45. The number of anilines is 1. The molecular formula is C18H23N3S. The van der Waals surface area contributed by atoms with Gasteiger partial charge in [0.15, 0.2) is 5.11 Å². The molecule has 0 saturated carbocycles. The van der Waals surface area contributed by atoms with Gasteiger partial charge >= 0.3 is 0 Å². The first-order valence-electron chi connectivity index (χ1n) is 8.04. The Morgan fingerprint density at radius 2 is 2.05 bits per heavy atom. The molecule has 1 aliphatic rings. The van der Waals surface area contributed by atoms with Crippen LogP contribution in [0.4, 0.5) is 5.69 Å². The Labute approximate surface area is 137 Å². The van der Waals surface area contributed by atoms with Gasteiger partial charge in [-0.25, -0.2) is 0 Å². The van der Waals surface area contributed by atoms with Gasteiger partial charge in [-0.2, -0.15) is 0 Å². The molecule has 0 amide bonds. The summed E-state index contributed by atoms with van der Waals surface area (Å²) in [6.07, 6.45) is 2.56. The van der Waals surface area contributed by atoms with Gasteiger partial charge in [-0.05, 0) is 49.6 Å². The zero-order valence-corrected chi connectivity index (χ0v) is 13.8. The van der Waals surface area contributed by atoms with Gasteiger partial charge in [0.25, 0.3) is 0 Å². The lowest BCUT2D eigenvalue weighted by atomic mass is 10.1. The Hall–Kier alpha value is -1.65. The van der Waals surface area contributed by atoms with Crippen molar-refractivity contribution in [1.29, 1.82) is 0 Å². The third kappa shape index (κ3) is 3.39. The number of fused-ring (bicyclic) bond motifs is 1. The van der Waals surface area contributed by atoms with E-state index in [4.69, 9.17) is 12.2 Å². The number of hydrogen-bond acceptors (Lipinski definition) is 2. The largest absolute Gasteiger partial charge is 0.361 e. The van der Waals surface area contributed by atoms with Crippen molar-refractivity contribution in [2.75, 3.05) is 25.0 Å². The van der Waals surface area contributed by atoms with E-state index in [1.165, 1.54) is 30.2 Å². The third-order valence-corrected chi connectivity index (χ3v) is 4.69. The summed E-state index contributed by atoms with van der Waals surface area (Å²) < 4.78 is 0. The normalized spacial score (nSPS) is 18.5. The SMILES string of the molecule is CCN1CCC[C@@H]1CNC(=S)Nc1cccc2ccccc12. The van der Waals surface area contributed by atoms with E-state index in [2.05, 4.69) is 64.9 Å². The van der Waals surface area contributed by atoms with Crippen LogP contribution in [0.1, 0.15) is 19.8 Å². The molecule has 22 heavy (non-hydrogen) atoms. The molecule has 1 heterocycles. The Morgan fingerprint density at radius 3 is 2.91 bits per heavy atom. The summed E-state index contributed by atoms with van der Waals surface area (Å²) >= 11 is 5.47. The van der Waals surface area contributed by atoms with Crippen molar-refractivity contribution in [3.8, 4) is 0 Å². The standard InChI is InChI=1S/C18H23N3S/c1-2-21-12-6-9-15(21)13-19-18(22)20-17-11-5-8-14-7-3-4-10-16(14)17/h3-5,7-8,10-11,15H,2,6,9,12-13H2,1H3,(H2,19,20,22)/t15-/m1/s1. The van der Waals surface area contributed by atoms with Gasteiger partial charge in [0.2, 0.25) is 0 Å². The number of likely N-dealkylation sites (tertiary alicyclic amines) is 1. The van der Waals surface area contributed by atoms with E-state index >= 15 is 0 Å². The maximum Gasteiger partial charge on any atom is 0.170 e. The number of rotatable bonds is 4. The Kier molecular flexibility index (Phi) is 4.90. The quantitative estimate of drug-likeness (QED) is 0.843. The zero-order chi connectivity index (χ0) is 15.4. The highest BCUT2D eigenvalue weighted by Crippen LogP contribution is 2.23.